The van der Waals surface area contributed by atoms with Gasteiger partial charge >= 0.3 is 0 Å². The molecule has 30 rings (SSSR count). The molecule has 150 heavy (non-hydrogen) atoms. The zero-order valence-electron chi connectivity index (χ0n) is 81.4. The summed E-state index contributed by atoms with van der Waals surface area (Å²) in [6.45, 7) is 0. The summed E-state index contributed by atoms with van der Waals surface area (Å²) in [7, 11) is 0. The smallest absolute Gasteiger partial charge is 0.214 e. The lowest BCUT2D eigenvalue weighted by Gasteiger charge is -2.39. The Balaban J connectivity index is 0.000000109. The quantitative estimate of drug-likeness (QED) is 0.112. The van der Waals surface area contributed by atoms with Gasteiger partial charge in [0.25, 0.3) is 0 Å². The fourth-order valence-electron chi connectivity index (χ4n) is 23.9. The van der Waals surface area contributed by atoms with Crippen LogP contribution in [-0.4, -0.2) is 24.9 Å². The SMILES string of the molecule is c1ccc(-c2cc(-c3ccc4c(c3)Oc3ccccc3C43c4ccccc4-c4ccccc43)nc(-c3ccccc3)n2)cc1.c1ccc(-c2ccc(-c3c[n+](-c4ccc5c(c4)Oc4ccccc4C54c5ccccc5-c5ccccc54)cc(-c4ccccc4)n3)cc2)cc1.c1ccc(-c2ccc(-c3cc(-c4ccc5c(c4)Oc4ccccc4C54c5ccccc5-c5ccccc54)nc(-c4ccc(-c5ccccc5)cc4)n3)cc2)cc1. The van der Waals surface area contributed by atoms with Crippen LogP contribution in [0.3, 0.4) is 0 Å². The van der Waals surface area contributed by atoms with E-state index >= 15 is 0 Å². The molecule has 0 saturated heterocycles. The number of para-hydroxylation sites is 3. The number of rotatable bonds is 12. The molecule has 0 bridgehead atoms. The van der Waals surface area contributed by atoms with Crippen LogP contribution in [0.5, 0.6) is 34.5 Å². The molecular weight excluding hydrogens is 1830 g/mol. The highest BCUT2D eigenvalue weighted by Crippen LogP contribution is 2.66. The van der Waals surface area contributed by atoms with Gasteiger partial charge in [-0.15, -0.1) is 0 Å². The Labute approximate surface area is 870 Å². The van der Waals surface area contributed by atoms with Crippen LogP contribution in [0.25, 0.3) is 163 Å². The van der Waals surface area contributed by atoms with Crippen molar-refractivity contribution in [3.63, 3.8) is 0 Å². The molecule has 9 heteroatoms. The third kappa shape index (κ3) is 14.7. The summed E-state index contributed by atoms with van der Waals surface area (Å²) in [5.41, 5.74) is 42.0. The van der Waals surface area contributed by atoms with E-state index in [1.807, 2.05) is 60.7 Å². The molecule has 3 aliphatic heterocycles. The van der Waals surface area contributed by atoms with Crippen molar-refractivity contribution in [2.45, 2.75) is 16.2 Å². The molecule has 9 nitrogen and oxygen atoms in total. The van der Waals surface area contributed by atoms with E-state index in [0.717, 1.165) is 158 Å². The average Bonchev–Trinajstić information content (AvgIpc) is 1.52. The third-order valence-corrected chi connectivity index (χ3v) is 30.6. The largest absolute Gasteiger partial charge is 0.457 e. The standard InChI is InChI=1S/C53H34N2O.C47H31N2O.C41H26N2O/c1-3-13-35(14-4-1)37-23-27-39(28-24-37)48-34-49(55-52(54-48)40-29-25-38(26-30-40)36-15-5-2-6-16-36)41-31-32-47-51(33-41)56-50-22-12-11-21-46(50)53(47)44-19-9-7-17-42(44)43-18-8-10-20-45(43)53;1-3-13-32(14-4-1)33-23-25-35(26-24-33)44-31-49(30-43(48-44)34-15-5-2-6-16-34)36-27-28-42-46(29-36)50-45-22-12-11-21-41(45)47(42)39-19-9-7-17-37(39)38-18-8-10-20-40(38)47;1-3-13-27(14-4-1)36-26-37(43-40(42-36)28-15-5-2-6-16-28)29-23-24-35-39(25-29)44-38-22-12-11-21-34(38)41(35)32-19-9-7-17-30(32)31-18-8-10-20-33(31)41/h1-34H;1-31H;1-26H/q;+1;. The Kier molecular flexibility index (Phi) is 21.4. The Morgan fingerprint density at radius 2 is 0.347 bits per heavy atom. The number of ether oxygens (including phenoxy) is 3. The van der Waals surface area contributed by atoms with Crippen LogP contribution in [0.1, 0.15) is 66.8 Å². The van der Waals surface area contributed by atoms with E-state index in [1.54, 1.807) is 0 Å². The summed E-state index contributed by atoms with van der Waals surface area (Å²) in [6.07, 6.45) is 4.24. The predicted molar refractivity (Wildman–Crippen MR) is 602 cm³/mol. The van der Waals surface area contributed by atoms with Crippen molar-refractivity contribution in [1.29, 1.82) is 0 Å². The number of aromatic nitrogens is 6. The molecule has 0 N–H and O–H groups in total. The van der Waals surface area contributed by atoms with Crippen LogP contribution in [0, 0.1) is 0 Å². The van der Waals surface area contributed by atoms with Gasteiger partial charge in [0.2, 0.25) is 18.1 Å². The monoisotopic (exact) mass is 1920 g/mol. The Morgan fingerprint density at radius 3 is 0.673 bits per heavy atom. The van der Waals surface area contributed by atoms with Crippen molar-refractivity contribution >= 4 is 0 Å². The molecule has 24 aromatic rings. The fraction of sp³-hybridized carbons (Fsp3) is 0.0213. The summed E-state index contributed by atoms with van der Waals surface area (Å²) in [5, 5.41) is 0. The highest BCUT2D eigenvalue weighted by molar-refractivity contribution is 5.94. The van der Waals surface area contributed by atoms with E-state index in [-0.39, 0.29) is 0 Å². The maximum atomic E-state index is 6.85. The average molecular weight is 1920 g/mol. The molecule has 3 spiro atoms. The van der Waals surface area contributed by atoms with Gasteiger partial charge in [0.15, 0.2) is 11.6 Å². The fourth-order valence-corrected chi connectivity index (χ4v) is 23.9. The zero-order valence-corrected chi connectivity index (χ0v) is 81.4. The third-order valence-electron chi connectivity index (χ3n) is 30.6. The van der Waals surface area contributed by atoms with Crippen molar-refractivity contribution in [1.82, 2.24) is 24.9 Å². The molecular formula is C141H91N6O3+. The van der Waals surface area contributed by atoms with E-state index in [4.69, 9.17) is 39.1 Å². The van der Waals surface area contributed by atoms with E-state index in [1.165, 1.54) is 94.6 Å². The van der Waals surface area contributed by atoms with Crippen LogP contribution in [0.2, 0.25) is 0 Å². The highest BCUT2D eigenvalue weighted by atomic mass is 16.5. The molecule has 3 aliphatic carbocycles. The van der Waals surface area contributed by atoms with Crippen LogP contribution in [0.15, 0.2) is 552 Å². The minimum Gasteiger partial charge on any atom is -0.457 e. The molecule has 0 amide bonds. The first-order valence-electron chi connectivity index (χ1n) is 51.0. The number of benzene rings is 21. The second-order valence-corrected chi connectivity index (χ2v) is 38.8. The van der Waals surface area contributed by atoms with Crippen LogP contribution < -0.4 is 18.8 Å². The summed E-state index contributed by atoms with van der Waals surface area (Å²) < 4.78 is 22.6. The van der Waals surface area contributed by atoms with E-state index in [0.29, 0.717) is 11.6 Å². The molecule has 3 aromatic heterocycles. The Bertz CT molecular complexity index is 9100. The minimum atomic E-state index is -0.515. The van der Waals surface area contributed by atoms with Gasteiger partial charge in [-0.3, -0.25) is 0 Å². The Morgan fingerprint density at radius 1 is 0.140 bits per heavy atom. The van der Waals surface area contributed by atoms with Gasteiger partial charge in [0.1, 0.15) is 45.9 Å². The molecule has 0 saturated carbocycles. The van der Waals surface area contributed by atoms with Crippen molar-refractivity contribution < 1.29 is 18.8 Å². The van der Waals surface area contributed by atoms with Crippen molar-refractivity contribution in [2.24, 2.45) is 0 Å². The second-order valence-electron chi connectivity index (χ2n) is 38.8. The summed E-state index contributed by atoms with van der Waals surface area (Å²) >= 11 is 0. The zero-order chi connectivity index (χ0) is 99.2. The van der Waals surface area contributed by atoms with Crippen LogP contribution in [0.4, 0.5) is 0 Å². The molecule has 6 aliphatic rings. The summed E-state index contributed by atoms with van der Waals surface area (Å²) in [5.74, 6) is 6.51. The van der Waals surface area contributed by atoms with E-state index in [9.17, 15) is 0 Å². The van der Waals surface area contributed by atoms with Gasteiger partial charge in [-0.1, -0.05) is 479 Å². The van der Waals surface area contributed by atoms with Crippen molar-refractivity contribution in [3.05, 3.63) is 619 Å². The molecule has 0 atom stereocenters. The van der Waals surface area contributed by atoms with Gasteiger partial charge < -0.3 is 14.2 Å². The first kappa shape index (κ1) is 88.0. The first-order chi connectivity index (χ1) is 74.3. The first-order valence-corrected chi connectivity index (χ1v) is 51.0. The molecule has 702 valence electrons. The molecule has 0 unspecified atom stereocenters. The van der Waals surface area contributed by atoms with Gasteiger partial charge in [-0.2, -0.15) is 4.57 Å². The predicted octanol–water partition coefficient (Wildman–Crippen LogP) is 34.1. The lowest BCUT2D eigenvalue weighted by atomic mass is 9.66. The maximum absolute atomic E-state index is 6.85. The van der Waals surface area contributed by atoms with Crippen molar-refractivity contribution in [3.8, 4) is 197 Å². The second kappa shape index (κ2) is 36.5. The van der Waals surface area contributed by atoms with Crippen molar-refractivity contribution in [2.75, 3.05) is 0 Å². The van der Waals surface area contributed by atoms with Gasteiger partial charge in [-0.25, -0.2) is 24.9 Å². The summed E-state index contributed by atoms with van der Waals surface area (Å²) in [4.78, 5) is 25.7. The summed E-state index contributed by atoms with van der Waals surface area (Å²) in [6, 6.07) is 191. The van der Waals surface area contributed by atoms with Crippen LogP contribution >= 0.6 is 0 Å². The Hall–Kier alpha value is -19.7. The number of hydrogen-bond acceptors (Lipinski definition) is 8. The number of hydrogen-bond donors (Lipinski definition) is 0. The lowest BCUT2D eigenvalue weighted by Crippen LogP contribution is -2.34. The number of nitrogens with zero attached hydrogens (tertiary/aromatic N) is 6. The minimum absolute atomic E-state index is 0.480. The van der Waals surface area contributed by atoms with Gasteiger partial charge in [-0.05, 0) is 149 Å². The molecule has 0 fully saturated rings. The molecule has 0 radical (unpaired) electrons. The topological polar surface area (TPSA) is 96.0 Å². The van der Waals surface area contributed by atoms with Crippen LogP contribution in [-0.2, 0) is 16.2 Å². The van der Waals surface area contributed by atoms with E-state index < -0.39 is 16.2 Å². The van der Waals surface area contributed by atoms with E-state index in [2.05, 4.69) is 496 Å². The molecule has 6 heterocycles. The normalized spacial score (nSPS) is 13.1. The lowest BCUT2D eigenvalue weighted by molar-refractivity contribution is -0.595. The maximum Gasteiger partial charge on any atom is 0.214 e. The number of fused-ring (bicyclic) bond motifs is 27. The highest BCUT2D eigenvalue weighted by Gasteiger charge is 2.55. The van der Waals surface area contributed by atoms with Gasteiger partial charge in [0.05, 0.1) is 45.1 Å². The van der Waals surface area contributed by atoms with Gasteiger partial charge in [0, 0.05) is 84.0 Å². The molecule has 21 aromatic carbocycles.